The van der Waals surface area contributed by atoms with Gasteiger partial charge >= 0.3 is 6.18 Å². The van der Waals surface area contributed by atoms with Crippen molar-refractivity contribution in [3.8, 4) is 0 Å². The molecule has 15 heavy (non-hydrogen) atoms. The van der Waals surface area contributed by atoms with Crippen molar-refractivity contribution in [3.63, 3.8) is 0 Å². The molecule has 0 radical (unpaired) electrons. The van der Waals surface area contributed by atoms with Gasteiger partial charge in [-0.25, -0.2) is 0 Å². The number of ketones is 1. The first kappa shape index (κ1) is 11.8. The largest absolute Gasteiger partial charge is 0.469 e. The maximum absolute atomic E-state index is 12.3. The second-order valence-electron chi connectivity index (χ2n) is 3.38. The van der Waals surface area contributed by atoms with Crippen molar-refractivity contribution in [3.05, 3.63) is 24.2 Å². The zero-order valence-electron chi connectivity index (χ0n) is 7.97. The maximum Gasteiger partial charge on any atom is 0.413 e. The molecule has 0 spiro atoms. The molecule has 0 fully saturated rings. The molecule has 0 aliphatic heterocycles. The molecule has 0 aliphatic rings. The first-order valence-electron chi connectivity index (χ1n) is 4.16. The van der Waals surface area contributed by atoms with Crippen LogP contribution in [0.3, 0.4) is 0 Å². The molecule has 84 valence electrons. The number of hydrogen-bond donors (Lipinski definition) is 1. The van der Waals surface area contributed by atoms with Gasteiger partial charge in [-0.15, -0.1) is 0 Å². The molecule has 1 rings (SSSR count). The van der Waals surface area contributed by atoms with Gasteiger partial charge in [-0.1, -0.05) is 0 Å². The molecule has 1 aromatic rings. The number of halogens is 3. The van der Waals surface area contributed by atoms with Crippen LogP contribution in [0.4, 0.5) is 13.2 Å². The van der Waals surface area contributed by atoms with E-state index in [0.717, 1.165) is 0 Å². The Labute approximate surface area is 84.0 Å². The van der Waals surface area contributed by atoms with E-state index in [1.165, 1.54) is 18.4 Å². The molecule has 0 amide bonds. The molecular weight excluding hydrogens is 211 g/mol. The molecule has 0 aromatic carbocycles. The molecule has 1 atom stereocenters. The molecule has 0 saturated carbocycles. The molecule has 2 N–H and O–H groups in total. The Morgan fingerprint density at radius 1 is 1.53 bits per heavy atom. The Kier molecular flexibility index (Phi) is 2.90. The summed E-state index contributed by atoms with van der Waals surface area (Å²) in [4.78, 5) is 11.3. The van der Waals surface area contributed by atoms with Gasteiger partial charge in [0, 0.05) is 0 Å². The standard InChI is InChI=1S/C9H10F3NO2/c1-8(13,9(10,11)12)7(14)5-6-3-2-4-15-6/h2-4H,5,13H2,1H3. The van der Waals surface area contributed by atoms with Crippen LogP contribution in [0.15, 0.2) is 22.8 Å². The molecule has 6 heteroatoms. The Hall–Kier alpha value is -1.30. The topological polar surface area (TPSA) is 56.2 Å². The normalized spacial score (nSPS) is 16.1. The first-order chi connectivity index (χ1) is 6.75. The summed E-state index contributed by atoms with van der Waals surface area (Å²) in [5.74, 6) is -0.953. The number of hydrogen-bond acceptors (Lipinski definition) is 3. The van der Waals surface area contributed by atoms with Gasteiger partial charge in [0.25, 0.3) is 0 Å². The fourth-order valence-electron chi connectivity index (χ4n) is 0.913. The van der Waals surface area contributed by atoms with Crippen molar-refractivity contribution >= 4 is 5.78 Å². The summed E-state index contributed by atoms with van der Waals surface area (Å²) in [7, 11) is 0. The van der Waals surface area contributed by atoms with Gasteiger partial charge in [0.1, 0.15) is 5.76 Å². The zero-order chi connectivity index (χ0) is 11.7. The van der Waals surface area contributed by atoms with Gasteiger partial charge in [0.2, 0.25) is 0 Å². The predicted octanol–water partition coefficient (Wildman–Crippen LogP) is 1.67. The summed E-state index contributed by atoms with van der Waals surface area (Å²) in [6.07, 6.45) is -3.93. The zero-order valence-corrected chi connectivity index (χ0v) is 7.97. The Morgan fingerprint density at radius 2 is 2.13 bits per heavy atom. The number of alkyl halides is 3. The van der Waals surface area contributed by atoms with E-state index in [0.29, 0.717) is 6.92 Å². The predicted molar refractivity (Wildman–Crippen MR) is 46.1 cm³/mol. The third-order valence-electron chi connectivity index (χ3n) is 2.08. The van der Waals surface area contributed by atoms with Crippen LogP contribution in [0, 0.1) is 0 Å². The summed E-state index contributed by atoms with van der Waals surface area (Å²) >= 11 is 0. The van der Waals surface area contributed by atoms with Crippen molar-refractivity contribution in [2.24, 2.45) is 5.73 Å². The van der Waals surface area contributed by atoms with Crippen LogP contribution in [0.5, 0.6) is 0 Å². The third kappa shape index (κ3) is 2.38. The lowest BCUT2D eigenvalue weighted by molar-refractivity contribution is -0.185. The highest BCUT2D eigenvalue weighted by atomic mass is 19.4. The van der Waals surface area contributed by atoms with E-state index < -0.39 is 23.9 Å². The number of nitrogens with two attached hydrogens (primary N) is 1. The van der Waals surface area contributed by atoms with Crippen LogP contribution in [-0.4, -0.2) is 17.5 Å². The molecular formula is C9H10F3NO2. The molecule has 0 bridgehead atoms. The van der Waals surface area contributed by atoms with Crippen LogP contribution < -0.4 is 5.73 Å². The summed E-state index contributed by atoms with van der Waals surface area (Å²) in [6, 6.07) is 2.91. The number of rotatable bonds is 3. The number of furan rings is 1. The summed E-state index contributed by atoms with van der Waals surface area (Å²) in [6.45, 7) is 0.651. The van der Waals surface area contributed by atoms with Crippen molar-refractivity contribution in [2.45, 2.75) is 25.1 Å². The molecule has 1 heterocycles. The summed E-state index contributed by atoms with van der Waals surface area (Å²) in [5, 5.41) is 0. The van der Waals surface area contributed by atoms with E-state index in [9.17, 15) is 18.0 Å². The number of Topliss-reactive ketones (excluding diaryl/α,β-unsaturated/α-hetero) is 1. The molecule has 1 unspecified atom stereocenters. The van der Waals surface area contributed by atoms with E-state index in [-0.39, 0.29) is 5.76 Å². The highest BCUT2D eigenvalue weighted by molar-refractivity contribution is 5.90. The number of carbonyl (C=O) groups is 1. The Bertz CT molecular complexity index is 341. The van der Waals surface area contributed by atoms with Crippen LogP contribution in [-0.2, 0) is 11.2 Å². The van der Waals surface area contributed by atoms with Crippen LogP contribution in [0.2, 0.25) is 0 Å². The minimum atomic E-state index is -4.75. The lowest BCUT2D eigenvalue weighted by atomic mass is 9.94. The lowest BCUT2D eigenvalue weighted by Gasteiger charge is -2.25. The van der Waals surface area contributed by atoms with Gasteiger partial charge in [0.05, 0.1) is 12.7 Å². The third-order valence-corrected chi connectivity index (χ3v) is 2.08. The minimum Gasteiger partial charge on any atom is -0.469 e. The van der Waals surface area contributed by atoms with Crippen LogP contribution >= 0.6 is 0 Å². The molecule has 3 nitrogen and oxygen atoms in total. The fourth-order valence-corrected chi connectivity index (χ4v) is 0.913. The average molecular weight is 221 g/mol. The fraction of sp³-hybridized carbons (Fsp3) is 0.444. The quantitative estimate of drug-likeness (QED) is 0.844. The van der Waals surface area contributed by atoms with E-state index in [2.05, 4.69) is 0 Å². The van der Waals surface area contributed by atoms with Crippen LogP contribution in [0.25, 0.3) is 0 Å². The van der Waals surface area contributed by atoms with Gasteiger partial charge < -0.3 is 10.2 Å². The molecule has 0 aliphatic carbocycles. The van der Waals surface area contributed by atoms with Gasteiger partial charge in [-0.2, -0.15) is 13.2 Å². The highest BCUT2D eigenvalue weighted by Crippen LogP contribution is 2.29. The summed E-state index contributed by atoms with van der Waals surface area (Å²) in [5.41, 5.74) is 2.10. The summed E-state index contributed by atoms with van der Waals surface area (Å²) < 4.78 is 41.8. The van der Waals surface area contributed by atoms with E-state index >= 15 is 0 Å². The van der Waals surface area contributed by atoms with Gasteiger partial charge in [-0.3, -0.25) is 4.79 Å². The Balaban J connectivity index is 2.77. The molecule has 0 saturated heterocycles. The van der Waals surface area contributed by atoms with Crippen molar-refractivity contribution < 1.29 is 22.4 Å². The lowest BCUT2D eigenvalue weighted by Crippen LogP contribution is -2.57. The monoisotopic (exact) mass is 221 g/mol. The van der Waals surface area contributed by atoms with Crippen molar-refractivity contribution in [2.75, 3.05) is 0 Å². The SMILES string of the molecule is CC(N)(C(=O)Cc1ccco1)C(F)(F)F. The van der Waals surface area contributed by atoms with E-state index in [4.69, 9.17) is 10.2 Å². The van der Waals surface area contributed by atoms with Crippen LogP contribution in [0.1, 0.15) is 12.7 Å². The van der Waals surface area contributed by atoms with Crippen molar-refractivity contribution in [1.82, 2.24) is 0 Å². The minimum absolute atomic E-state index is 0.168. The highest BCUT2D eigenvalue weighted by Gasteiger charge is 2.53. The molecule has 1 aromatic heterocycles. The maximum atomic E-state index is 12.3. The van der Waals surface area contributed by atoms with Gasteiger partial charge in [0.15, 0.2) is 11.3 Å². The van der Waals surface area contributed by atoms with Crippen molar-refractivity contribution in [1.29, 1.82) is 0 Å². The second-order valence-corrected chi connectivity index (χ2v) is 3.38. The number of carbonyl (C=O) groups excluding carboxylic acids is 1. The average Bonchev–Trinajstić information content (AvgIpc) is 2.54. The van der Waals surface area contributed by atoms with Gasteiger partial charge in [-0.05, 0) is 19.1 Å². The van der Waals surface area contributed by atoms with E-state index in [1.54, 1.807) is 0 Å². The Morgan fingerprint density at radius 3 is 2.53 bits per heavy atom. The second kappa shape index (κ2) is 3.69. The smallest absolute Gasteiger partial charge is 0.413 e. The first-order valence-corrected chi connectivity index (χ1v) is 4.16. The van der Waals surface area contributed by atoms with E-state index in [1.807, 2.05) is 0 Å².